The van der Waals surface area contributed by atoms with E-state index in [9.17, 15) is 9.59 Å². The van der Waals surface area contributed by atoms with E-state index < -0.39 is 11.5 Å². The molecule has 1 saturated heterocycles. The van der Waals surface area contributed by atoms with Gasteiger partial charge in [0.1, 0.15) is 6.04 Å². The summed E-state index contributed by atoms with van der Waals surface area (Å²) in [6.07, 6.45) is 1.57. The number of hydrogen-bond acceptors (Lipinski definition) is 3. The standard InChI is InChI=1S/C14H22N4O2/c1-9-8-11(17-16-9)15-12(19)10-6-5-7-18(10)13(20)14(2,3)4/h8,10H,5-7H2,1-4H3,(H2,15,16,17,19). The quantitative estimate of drug-likeness (QED) is 0.864. The first-order chi connectivity index (χ1) is 9.29. The van der Waals surface area contributed by atoms with Crippen LogP contribution in [0.25, 0.3) is 0 Å². The Balaban J connectivity index is 2.07. The van der Waals surface area contributed by atoms with Gasteiger partial charge in [-0.05, 0) is 19.8 Å². The van der Waals surface area contributed by atoms with Crippen molar-refractivity contribution in [2.45, 2.75) is 46.6 Å². The molecule has 0 spiro atoms. The van der Waals surface area contributed by atoms with Crippen LogP contribution < -0.4 is 5.32 Å². The Hall–Kier alpha value is -1.85. The number of aromatic amines is 1. The summed E-state index contributed by atoms with van der Waals surface area (Å²) in [6, 6.07) is 1.38. The van der Waals surface area contributed by atoms with Gasteiger partial charge in [-0.3, -0.25) is 14.7 Å². The Bertz CT molecular complexity index is 515. The number of aryl methyl sites for hydroxylation is 1. The highest BCUT2D eigenvalue weighted by molar-refractivity contribution is 5.97. The largest absolute Gasteiger partial charge is 0.330 e. The van der Waals surface area contributed by atoms with Crippen LogP contribution in [0.15, 0.2) is 6.07 Å². The third-order valence-electron chi connectivity index (χ3n) is 3.42. The molecule has 20 heavy (non-hydrogen) atoms. The van der Waals surface area contributed by atoms with E-state index in [1.54, 1.807) is 11.0 Å². The number of carbonyl (C=O) groups excluding carboxylic acids is 2. The summed E-state index contributed by atoms with van der Waals surface area (Å²) in [6.45, 7) is 8.14. The lowest BCUT2D eigenvalue weighted by atomic mass is 9.94. The van der Waals surface area contributed by atoms with Crippen molar-refractivity contribution < 1.29 is 9.59 Å². The fourth-order valence-electron chi connectivity index (χ4n) is 2.40. The maximum Gasteiger partial charge on any atom is 0.248 e. The predicted octanol–water partition coefficient (Wildman–Crippen LogP) is 1.69. The average molecular weight is 278 g/mol. The number of nitrogens with one attached hydrogen (secondary N) is 2. The zero-order valence-corrected chi connectivity index (χ0v) is 12.5. The molecule has 0 aromatic carbocycles. The molecule has 1 aliphatic heterocycles. The summed E-state index contributed by atoms with van der Waals surface area (Å²) in [5, 5.41) is 9.53. The van der Waals surface area contributed by atoms with E-state index >= 15 is 0 Å². The molecule has 2 rings (SSSR count). The second kappa shape index (κ2) is 5.26. The number of likely N-dealkylation sites (tertiary alicyclic amines) is 1. The van der Waals surface area contributed by atoms with Crippen molar-refractivity contribution in [2.75, 3.05) is 11.9 Å². The van der Waals surface area contributed by atoms with E-state index in [-0.39, 0.29) is 11.8 Å². The third kappa shape index (κ3) is 3.00. The zero-order valence-electron chi connectivity index (χ0n) is 12.5. The van der Waals surface area contributed by atoms with Gasteiger partial charge in [-0.1, -0.05) is 20.8 Å². The molecule has 1 aromatic rings. The van der Waals surface area contributed by atoms with Crippen molar-refractivity contribution in [1.82, 2.24) is 15.1 Å². The minimum absolute atomic E-state index is 0.0216. The van der Waals surface area contributed by atoms with Crippen LogP contribution in [-0.2, 0) is 9.59 Å². The minimum Gasteiger partial charge on any atom is -0.330 e. The van der Waals surface area contributed by atoms with E-state index in [1.807, 2.05) is 27.7 Å². The second-order valence-corrected chi connectivity index (χ2v) is 6.33. The van der Waals surface area contributed by atoms with Gasteiger partial charge in [0, 0.05) is 23.7 Å². The van der Waals surface area contributed by atoms with Crippen LogP contribution in [0.4, 0.5) is 5.82 Å². The van der Waals surface area contributed by atoms with Gasteiger partial charge in [0.15, 0.2) is 5.82 Å². The van der Waals surface area contributed by atoms with E-state index in [0.29, 0.717) is 18.8 Å². The van der Waals surface area contributed by atoms with Gasteiger partial charge < -0.3 is 10.2 Å². The molecule has 2 amide bonds. The number of anilines is 1. The number of aromatic nitrogens is 2. The Kier molecular flexibility index (Phi) is 3.83. The van der Waals surface area contributed by atoms with Crippen LogP contribution in [0.5, 0.6) is 0 Å². The molecule has 1 aromatic heterocycles. The van der Waals surface area contributed by atoms with Gasteiger partial charge in [0.2, 0.25) is 11.8 Å². The molecule has 2 heterocycles. The van der Waals surface area contributed by atoms with Crippen molar-refractivity contribution in [3.05, 3.63) is 11.8 Å². The van der Waals surface area contributed by atoms with Gasteiger partial charge in [-0.15, -0.1) is 0 Å². The van der Waals surface area contributed by atoms with E-state index in [1.165, 1.54) is 0 Å². The van der Waals surface area contributed by atoms with Gasteiger partial charge in [-0.2, -0.15) is 5.10 Å². The molecule has 0 bridgehead atoms. The zero-order chi connectivity index (χ0) is 14.9. The van der Waals surface area contributed by atoms with Crippen molar-refractivity contribution >= 4 is 17.6 Å². The number of amides is 2. The third-order valence-corrected chi connectivity index (χ3v) is 3.42. The molecular formula is C14H22N4O2. The summed E-state index contributed by atoms with van der Waals surface area (Å²) < 4.78 is 0. The molecule has 0 radical (unpaired) electrons. The first-order valence-corrected chi connectivity index (χ1v) is 6.93. The Morgan fingerprint density at radius 3 is 2.70 bits per heavy atom. The molecule has 1 aliphatic rings. The molecule has 1 unspecified atom stereocenters. The molecule has 0 saturated carbocycles. The van der Waals surface area contributed by atoms with Crippen LogP contribution in [0, 0.1) is 12.3 Å². The summed E-state index contributed by atoms with van der Waals surface area (Å²) in [4.78, 5) is 26.4. The normalized spacial score (nSPS) is 19.2. The van der Waals surface area contributed by atoms with Crippen molar-refractivity contribution in [1.29, 1.82) is 0 Å². The molecule has 0 aliphatic carbocycles. The fraction of sp³-hybridized carbons (Fsp3) is 0.643. The first-order valence-electron chi connectivity index (χ1n) is 6.93. The van der Waals surface area contributed by atoms with E-state index in [0.717, 1.165) is 12.1 Å². The van der Waals surface area contributed by atoms with Crippen LogP contribution >= 0.6 is 0 Å². The maximum atomic E-state index is 12.4. The molecule has 110 valence electrons. The smallest absolute Gasteiger partial charge is 0.248 e. The van der Waals surface area contributed by atoms with Gasteiger partial charge in [0.25, 0.3) is 0 Å². The molecule has 6 nitrogen and oxygen atoms in total. The Labute approximate surface area is 118 Å². The topological polar surface area (TPSA) is 78.1 Å². The monoisotopic (exact) mass is 278 g/mol. The summed E-state index contributed by atoms with van der Waals surface area (Å²) in [5.41, 5.74) is 0.417. The SMILES string of the molecule is Cc1cc(NC(=O)C2CCCN2C(=O)C(C)(C)C)n[nH]1. The maximum absolute atomic E-state index is 12.4. The minimum atomic E-state index is -0.466. The average Bonchev–Trinajstić information content (AvgIpc) is 2.95. The van der Waals surface area contributed by atoms with Crippen LogP contribution in [-0.4, -0.2) is 39.5 Å². The van der Waals surface area contributed by atoms with Gasteiger partial charge in [-0.25, -0.2) is 0 Å². The summed E-state index contributed by atoms with van der Waals surface area (Å²) >= 11 is 0. The number of carbonyl (C=O) groups is 2. The predicted molar refractivity (Wildman–Crippen MR) is 76.1 cm³/mol. The fourth-order valence-corrected chi connectivity index (χ4v) is 2.40. The Morgan fingerprint density at radius 1 is 1.45 bits per heavy atom. The number of rotatable bonds is 2. The first kappa shape index (κ1) is 14.6. The molecule has 6 heteroatoms. The molecule has 1 fully saturated rings. The van der Waals surface area contributed by atoms with Crippen LogP contribution in [0.3, 0.4) is 0 Å². The highest BCUT2D eigenvalue weighted by Crippen LogP contribution is 2.26. The molecular weight excluding hydrogens is 256 g/mol. The number of nitrogens with zero attached hydrogens (tertiary/aromatic N) is 2. The van der Waals surface area contributed by atoms with Crippen LogP contribution in [0.1, 0.15) is 39.3 Å². The molecule has 1 atom stereocenters. The number of H-pyrrole nitrogens is 1. The molecule has 2 N–H and O–H groups in total. The lowest BCUT2D eigenvalue weighted by molar-refractivity contribution is -0.143. The van der Waals surface area contributed by atoms with Crippen LogP contribution in [0.2, 0.25) is 0 Å². The highest BCUT2D eigenvalue weighted by Gasteiger charge is 2.38. The van der Waals surface area contributed by atoms with Crippen molar-refractivity contribution in [3.8, 4) is 0 Å². The van der Waals surface area contributed by atoms with Crippen molar-refractivity contribution in [2.24, 2.45) is 5.41 Å². The van der Waals surface area contributed by atoms with Gasteiger partial charge in [0.05, 0.1) is 0 Å². The van der Waals surface area contributed by atoms with Gasteiger partial charge >= 0.3 is 0 Å². The van der Waals surface area contributed by atoms with E-state index in [2.05, 4.69) is 15.5 Å². The Morgan fingerprint density at radius 2 is 2.15 bits per heavy atom. The second-order valence-electron chi connectivity index (χ2n) is 6.33. The van der Waals surface area contributed by atoms with Crippen molar-refractivity contribution in [3.63, 3.8) is 0 Å². The van der Waals surface area contributed by atoms with E-state index in [4.69, 9.17) is 0 Å². The number of hydrogen-bond donors (Lipinski definition) is 2. The lowest BCUT2D eigenvalue weighted by Crippen LogP contribution is -2.47. The summed E-state index contributed by atoms with van der Waals surface area (Å²) in [7, 11) is 0. The lowest BCUT2D eigenvalue weighted by Gasteiger charge is -2.30. The highest BCUT2D eigenvalue weighted by atomic mass is 16.2. The summed E-state index contributed by atoms with van der Waals surface area (Å²) in [5.74, 6) is 0.363.